The molecule has 0 aliphatic carbocycles. The van der Waals surface area contributed by atoms with E-state index in [1.54, 1.807) is 6.20 Å². The van der Waals surface area contributed by atoms with Gasteiger partial charge in [-0.1, -0.05) is 6.07 Å². The van der Waals surface area contributed by atoms with Crippen molar-refractivity contribution in [2.75, 3.05) is 12.4 Å². The third-order valence-corrected chi connectivity index (χ3v) is 2.40. The zero-order chi connectivity index (χ0) is 10.7. The number of anilines is 1. The molecule has 2 heterocycles. The summed E-state index contributed by atoms with van der Waals surface area (Å²) in [5.41, 5.74) is 0.984. The lowest BCUT2D eigenvalue weighted by molar-refractivity contribution is 0.673. The van der Waals surface area contributed by atoms with Crippen LogP contribution in [0.1, 0.15) is 5.69 Å². The van der Waals surface area contributed by atoms with E-state index in [1.165, 1.54) is 0 Å². The van der Waals surface area contributed by atoms with E-state index in [-0.39, 0.29) is 0 Å². The van der Waals surface area contributed by atoms with Crippen molar-refractivity contribution in [2.45, 2.75) is 6.54 Å². The van der Waals surface area contributed by atoms with Gasteiger partial charge in [0.25, 0.3) is 0 Å². The Bertz CT molecular complexity index is 452. The Morgan fingerprint density at radius 1 is 1.47 bits per heavy atom. The maximum atomic E-state index is 4.41. The maximum absolute atomic E-state index is 4.41. The number of pyridine rings is 1. The first-order valence-electron chi connectivity index (χ1n) is 4.59. The molecule has 0 aliphatic rings. The minimum absolute atomic E-state index is 0.682. The molecule has 0 fully saturated rings. The third-order valence-electron chi connectivity index (χ3n) is 1.99. The standard InChI is InChI=1S/C10H11BrN4/c1-12-10-4-2-3-9(14-10)7-15-6-8(11)5-13-15/h2-6H,7H2,1H3,(H,12,14). The fraction of sp³-hybridized carbons (Fsp3) is 0.200. The monoisotopic (exact) mass is 266 g/mol. The lowest BCUT2D eigenvalue weighted by atomic mass is 10.3. The van der Waals surface area contributed by atoms with Crippen LogP contribution in [-0.2, 0) is 6.54 Å². The number of halogens is 1. The largest absolute Gasteiger partial charge is 0.373 e. The number of hydrogen-bond acceptors (Lipinski definition) is 3. The van der Waals surface area contributed by atoms with E-state index in [0.717, 1.165) is 16.0 Å². The Balaban J connectivity index is 2.16. The van der Waals surface area contributed by atoms with Gasteiger partial charge in [0, 0.05) is 13.2 Å². The van der Waals surface area contributed by atoms with Gasteiger partial charge >= 0.3 is 0 Å². The Labute approximate surface area is 96.5 Å². The Hall–Kier alpha value is -1.36. The molecule has 0 amide bonds. The second-order valence-corrected chi connectivity index (χ2v) is 4.04. The van der Waals surface area contributed by atoms with Gasteiger partial charge in [-0.15, -0.1) is 0 Å². The molecule has 78 valence electrons. The minimum Gasteiger partial charge on any atom is -0.373 e. The van der Waals surface area contributed by atoms with Crippen LogP contribution >= 0.6 is 15.9 Å². The van der Waals surface area contributed by atoms with E-state index in [0.29, 0.717) is 6.54 Å². The fourth-order valence-electron chi connectivity index (χ4n) is 1.30. The van der Waals surface area contributed by atoms with Gasteiger partial charge in [-0.05, 0) is 28.1 Å². The molecular weight excluding hydrogens is 256 g/mol. The summed E-state index contributed by atoms with van der Waals surface area (Å²) in [6.45, 7) is 0.682. The highest BCUT2D eigenvalue weighted by atomic mass is 79.9. The van der Waals surface area contributed by atoms with Gasteiger partial charge < -0.3 is 5.32 Å². The van der Waals surface area contributed by atoms with Crippen LogP contribution in [0.25, 0.3) is 0 Å². The molecular formula is C10H11BrN4. The van der Waals surface area contributed by atoms with Gasteiger partial charge in [0.15, 0.2) is 0 Å². The first-order valence-corrected chi connectivity index (χ1v) is 5.39. The summed E-state index contributed by atoms with van der Waals surface area (Å²) < 4.78 is 2.82. The van der Waals surface area contributed by atoms with Crippen LogP contribution in [0.2, 0.25) is 0 Å². The zero-order valence-electron chi connectivity index (χ0n) is 8.31. The highest BCUT2D eigenvalue weighted by Gasteiger charge is 1.99. The second-order valence-electron chi connectivity index (χ2n) is 3.12. The van der Waals surface area contributed by atoms with Gasteiger partial charge in [-0.3, -0.25) is 4.68 Å². The molecule has 0 aliphatic heterocycles. The predicted molar refractivity (Wildman–Crippen MR) is 62.8 cm³/mol. The third kappa shape index (κ3) is 2.56. The smallest absolute Gasteiger partial charge is 0.126 e. The average Bonchev–Trinajstić information content (AvgIpc) is 2.64. The van der Waals surface area contributed by atoms with Crippen LogP contribution in [0.3, 0.4) is 0 Å². The van der Waals surface area contributed by atoms with Crippen molar-refractivity contribution in [3.63, 3.8) is 0 Å². The number of aromatic nitrogens is 3. The Morgan fingerprint density at radius 2 is 2.33 bits per heavy atom. The van der Waals surface area contributed by atoms with Crippen LogP contribution in [0, 0.1) is 0 Å². The zero-order valence-corrected chi connectivity index (χ0v) is 9.90. The minimum atomic E-state index is 0.682. The number of rotatable bonds is 3. The van der Waals surface area contributed by atoms with E-state index in [4.69, 9.17) is 0 Å². The Morgan fingerprint density at radius 3 is 3.00 bits per heavy atom. The van der Waals surface area contributed by atoms with Crippen molar-refractivity contribution in [2.24, 2.45) is 0 Å². The van der Waals surface area contributed by atoms with Crippen molar-refractivity contribution in [1.82, 2.24) is 14.8 Å². The molecule has 0 saturated carbocycles. The molecule has 0 aromatic carbocycles. The van der Waals surface area contributed by atoms with E-state index in [2.05, 4.69) is 31.3 Å². The second kappa shape index (κ2) is 4.44. The molecule has 2 rings (SSSR count). The van der Waals surface area contributed by atoms with Crippen LogP contribution in [0.15, 0.2) is 35.1 Å². The first kappa shape index (κ1) is 10.2. The number of hydrogen-bond donors (Lipinski definition) is 1. The van der Waals surface area contributed by atoms with E-state index in [9.17, 15) is 0 Å². The molecule has 0 bridgehead atoms. The van der Waals surface area contributed by atoms with Crippen molar-refractivity contribution < 1.29 is 0 Å². The van der Waals surface area contributed by atoms with E-state index >= 15 is 0 Å². The Kier molecular flexibility index (Phi) is 3.01. The molecule has 0 atom stereocenters. The summed E-state index contributed by atoms with van der Waals surface area (Å²) >= 11 is 3.36. The predicted octanol–water partition coefficient (Wildman–Crippen LogP) is 2.13. The van der Waals surface area contributed by atoms with Crippen molar-refractivity contribution in [3.05, 3.63) is 40.8 Å². The van der Waals surface area contributed by atoms with Crippen molar-refractivity contribution in [3.8, 4) is 0 Å². The average molecular weight is 267 g/mol. The van der Waals surface area contributed by atoms with Gasteiger partial charge in [0.2, 0.25) is 0 Å². The molecule has 2 aromatic heterocycles. The highest BCUT2D eigenvalue weighted by molar-refractivity contribution is 9.10. The van der Waals surface area contributed by atoms with Crippen LogP contribution in [0.4, 0.5) is 5.82 Å². The number of nitrogens with zero attached hydrogens (tertiary/aromatic N) is 3. The molecule has 1 N–H and O–H groups in total. The van der Waals surface area contributed by atoms with Crippen LogP contribution < -0.4 is 5.32 Å². The molecule has 0 radical (unpaired) electrons. The van der Waals surface area contributed by atoms with Gasteiger partial charge in [0.1, 0.15) is 5.82 Å². The first-order chi connectivity index (χ1) is 7.28. The lowest BCUT2D eigenvalue weighted by Crippen LogP contribution is -2.03. The van der Waals surface area contributed by atoms with Crippen molar-refractivity contribution in [1.29, 1.82) is 0 Å². The fourth-order valence-corrected chi connectivity index (χ4v) is 1.63. The van der Waals surface area contributed by atoms with Gasteiger partial charge in [-0.2, -0.15) is 5.10 Å². The van der Waals surface area contributed by atoms with Crippen LogP contribution in [0.5, 0.6) is 0 Å². The van der Waals surface area contributed by atoms with Gasteiger partial charge in [0.05, 0.1) is 22.9 Å². The molecule has 0 saturated heterocycles. The SMILES string of the molecule is CNc1cccc(Cn2cc(Br)cn2)n1. The van der Waals surface area contributed by atoms with E-state index < -0.39 is 0 Å². The highest BCUT2D eigenvalue weighted by Crippen LogP contribution is 2.09. The van der Waals surface area contributed by atoms with Crippen molar-refractivity contribution >= 4 is 21.7 Å². The summed E-state index contributed by atoms with van der Waals surface area (Å²) in [4.78, 5) is 4.41. The summed E-state index contributed by atoms with van der Waals surface area (Å²) in [5.74, 6) is 0.874. The quantitative estimate of drug-likeness (QED) is 0.926. The topological polar surface area (TPSA) is 42.7 Å². The molecule has 4 nitrogen and oxygen atoms in total. The maximum Gasteiger partial charge on any atom is 0.126 e. The summed E-state index contributed by atoms with van der Waals surface area (Å²) in [6.07, 6.45) is 3.69. The van der Waals surface area contributed by atoms with Crippen LogP contribution in [-0.4, -0.2) is 21.8 Å². The molecule has 2 aromatic rings. The van der Waals surface area contributed by atoms with Gasteiger partial charge in [-0.25, -0.2) is 4.98 Å². The van der Waals surface area contributed by atoms with E-state index in [1.807, 2.05) is 36.1 Å². The molecule has 0 spiro atoms. The summed E-state index contributed by atoms with van der Waals surface area (Å²) in [6, 6.07) is 5.89. The number of nitrogens with one attached hydrogen (secondary N) is 1. The summed E-state index contributed by atoms with van der Waals surface area (Å²) in [5, 5.41) is 7.18. The molecule has 5 heteroatoms. The molecule has 15 heavy (non-hydrogen) atoms. The normalized spacial score (nSPS) is 10.3. The lowest BCUT2D eigenvalue weighted by Gasteiger charge is -2.03. The molecule has 0 unspecified atom stereocenters. The summed E-state index contributed by atoms with van der Waals surface area (Å²) in [7, 11) is 1.86.